The molecule has 3 aromatic rings. The van der Waals surface area contributed by atoms with Crippen molar-refractivity contribution in [1.29, 1.82) is 0 Å². The SMILES string of the molecule is COc1ccc(C2=NN3[C@@H](c4ccc(Cl)c([N+](=O)[O-])c4)Oc4ccc(Cl)cc4[C@@H]3C2)cc1. The molecule has 2 atom stereocenters. The van der Waals surface area contributed by atoms with E-state index in [1.807, 2.05) is 41.4 Å². The smallest absolute Gasteiger partial charge is 0.288 e. The van der Waals surface area contributed by atoms with E-state index in [1.165, 1.54) is 12.1 Å². The highest BCUT2D eigenvalue weighted by Gasteiger charge is 2.41. The maximum atomic E-state index is 11.4. The van der Waals surface area contributed by atoms with Gasteiger partial charge in [-0.3, -0.25) is 10.1 Å². The molecule has 0 saturated heterocycles. The highest BCUT2D eigenvalue weighted by Crippen LogP contribution is 2.48. The summed E-state index contributed by atoms with van der Waals surface area (Å²) in [6.45, 7) is 0. The van der Waals surface area contributed by atoms with E-state index in [-0.39, 0.29) is 16.8 Å². The van der Waals surface area contributed by atoms with Gasteiger partial charge in [0.15, 0.2) is 0 Å². The van der Waals surface area contributed by atoms with E-state index in [9.17, 15) is 10.1 Å². The van der Waals surface area contributed by atoms with E-state index in [2.05, 4.69) is 0 Å². The predicted molar refractivity (Wildman–Crippen MR) is 122 cm³/mol. The van der Waals surface area contributed by atoms with Crippen LogP contribution in [0.3, 0.4) is 0 Å². The molecule has 3 aromatic carbocycles. The summed E-state index contributed by atoms with van der Waals surface area (Å²) in [4.78, 5) is 10.9. The summed E-state index contributed by atoms with van der Waals surface area (Å²) in [5, 5.41) is 18.8. The summed E-state index contributed by atoms with van der Waals surface area (Å²) >= 11 is 12.3. The Labute approximate surface area is 193 Å². The van der Waals surface area contributed by atoms with E-state index in [0.717, 1.165) is 22.6 Å². The fourth-order valence-corrected chi connectivity index (χ4v) is 4.43. The van der Waals surface area contributed by atoms with Crippen molar-refractivity contribution in [2.24, 2.45) is 5.10 Å². The Kier molecular flexibility index (Phi) is 5.15. The summed E-state index contributed by atoms with van der Waals surface area (Å²) in [5.41, 5.74) is 3.17. The van der Waals surface area contributed by atoms with E-state index in [1.54, 1.807) is 19.2 Å². The second kappa shape index (κ2) is 8.00. The molecular formula is C23H17Cl2N3O4. The monoisotopic (exact) mass is 469 g/mol. The number of nitrogens with zero attached hydrogens (tertiary/aromatic N) is 3. The molecular weight excluding hydrogens is 453 g/mol. The van der Waals surface area contributed by atoms with Gasteiger partial charge in [-0.05, 0) is 54.1 Å². The van der Waals surface area contributed by atoms with Crippen molar-refractivity contribution in [3.05, 3.63) is 97.5 Å². The molecule has 0 N–H and O–H groups in total. The number of fused-ring (bicyclic) bond motifs is 3. The quantitative estimate of drug-likeness (QED) is 0.338. The molecule has 5 rings (SSSR count). The van der Waals surface area contributed by atoms with Gasteiger partial charge in [0.1, 0.15) is 16.5 Å². The molecule has 0 aliphatic carbocycles. The minimum absolute atomic E-state index is 0.0714. The van der Waals surface area contributed by atoms with Crippen LogP contribution < -0.4 is 9.47 Å². The first kappa shape index (κ1) is 20.6. The molecule has 0 spiro atoms. The predicted octanol–water partition coefficient (Wildman–Crippen LogP) is 6.15. The second-order valence-electron chi connectivity index (χ2n) is 7.50. The number of hydrogen-bond acceptors (Lipinski definition) is 6. The van der Waals surface area contributed by atoms with Gasteiger partial charge in [0.05, 0.1) is 23.8 Å². The molecule has 0 saturated carbocycles. The van der Waals surface area contributed by atoms with Crippen LogP contribution in [-0.4, -0.2) is 22.8 Å². The van der Waals surface area contributed by atoms with Crippen LogP contribution in [0, 0.1) is 10.1 Å². The Hall–Kier alpha value is -3.29. The van der Waals surface area contributed by atoms with Crippen molar-refractivity contribution in [3.8, 4) is 11.5 Å². The van der Waals surface area contributed by atoms with Crippen molar-refractivity contribution in [2.45, 2.75) is 18.7 Å². The molecule has 2 aliphatic heterocycles. The van der Waals surface area contributed by atoms with Crippen LogP contribution in [0.15, 0.2) is 65.8 Å². The molecule has 0 radical (unpaired) electrons. The van der Waals surface area contributed by atoms with E-state index in [0.29, 0.717) is 22.8 Å². The lowest BCUT2D eigenvalue weighted by Crippen LogP contribution is -2.33. The number of hydrazone groups is 1. The number of rotatable bonds is 4. The number of nitro groups is 1. The largest absolute Gasteiger partial charge is 0.497 e. The number of nitro benzene ring substituents is 1. The Morgan fingerprint density at radius 3 is 2.62 bits per heavy atom. The van der Waals surface area contributed by atoms with Crippen molar-refractivity contribution in [2.75, 3.05) is 7.11 Å². The summed E-state index contributed by atoms with van der Waals surface area (Å²) in [7, 11) is 1.62. The highest BCUT2D eigenvalue weighted by molar-refractivity contribution is 6.32. The van der Waals surface area contributed by atoms with Gasteiger partial charge in [0, 0.05) is 28.6 Å². The summed E-state index contributed by atoms with van der Waals surface area (Å²) in [6, 6.07) is 17.7. The second-order valence-corrected chi connectivity index (χ2v) is 8.34. The lowest BCUT2D eigenvalue weighted by Gasteiger charge is -2.38. The number of hydrogen-bond donors (Lipinski definition) is 0. The van der Waals surface area contributed by atoms with Crippen LogP contribution in [0.4, 0.5) is 5.69 Å². The van der Waals surface area contributed by atoms with Crippen LogP contribution in [0.1, 0.15) is 35.4 Å². The molecule has 2 heterocycles. The number of benzene rings is 3. The summed E-state index contributed by atoms with van der Waals surface area (Å²) < 4.78 is 11.5. The van der Waals surface area contributed by atoms with E-state index < -0.39 is 11.2 Å². The maximum absolute atomic E-state index is 11.4. The maximum Gasteiger partial charge on any atom is 0.288 e. The average molecular weight is 470 g/mol. The average Bonchev–Trinajstić information content (AvgIpc) is 3.25. The Morgan fingerprint density at radius 1 is 1.12 bits per heavy atom. The first-order chi connectivity index (χ1) is 15.4. The molecule has 162 valence electrons. The van der Waals surface area contributed by atoms with Gasteiger partial charge >= 0.3 is 0 Å². The lowest BCUT2D eigenvalue weighted by atomic mass is 9.96. The first-order valence-corrected chi connectivity index (χ1v) is 10.6. The van der Waals surface area contributed by atoms with Crippen LogP contribution in [0.2, 0.25) is 10.0 Å². The standard InChI is InChI=1S/C23H17Cl2N3O4/c1-31-16-6-2-13(3-7-16)19-12-20-17-11-15(24)5-9-22(17)32-23(27(20)26-19)14-4-8-18(25)21(10-14)28(29)30/h2-11,20,23H,12H2,1H3/t20-,23+/m0/s1. The minimum atomic E-state index is -0.652. The number of ether oxygens (including phenoxy) is 2. The summed E-state index contributed by atoms with van der Waals surface area (Å²) in [6.07, 6.45) is -0.0183. The lowest BCUT2D eigenvalue weighted by molar-refractivity contribution is -0.384. The third-order valence-corrected chi connectivity index (χ3v) is 6.18. The van der Waals surface area contributed by atoms with Crippen molar-refractivity contribution >= 4 is 34.6 Å². The zero-order valence-electron chi connectivity index (χ0n) is 16.9. The minimum Gasteiger partial charge on any atom is -0.497 e. The first-order valence-electron chi connectivity index (χ1n) is 9.85. The highest BCUT2D eigenvalue weighted by atomic mass is 35.5. The van der Waals surface area contributed by atoms with Gasteiger partial charge in [0.2, 0.25) is 6.23 Å². The number of halogens is 2. The van der Waals surface area contributed by atoms with Crippen LogP contribution in [0.25, 0.3) is 0 Å². The van der Waals surface area contributed by atoms with E-state index >= 15 is 0 Å². The molecule has 0 aromatic heterocycles. The Bertz CT molecular complexity index is 1250. The normalized spacial score (nSPS) is 19.0. The number of methoxy groups -OCH3 is 1. The van der Waals surface area contributed by atoms with Crippen molar-refractivity contribution < 1.29 is 14.4 Å². The molecule has 0 bridgehead atoms. The molecule has 0 amide bonds. The molecule has 7 nitrogen and oxygen atoms in total. The summed E-state index contributed by atoms with van der Waals surface area (Å²) in [5.74, 6) is 1.43. The van der Waals surface area contributed by atoms with Gasteiger partial charge in [-0.25, -0.2) is 5.01 Å². The molecule has 2 aliphatic rings. The third-order valence-electron chi connectivity index (χ3n) is 5.63. The van der Waals surface area contributed by atoms with E-state index in [4.69, 9.17) is 37.8 Å². The Morgan fingerprint density at radius 2 is 1.91 bits per heavy atom. The zero-order valence-corrected chi connectivity index (χ0v) is 18.4. The van der Waals surface area contributed by atoms with Gasteiger partial charge in [-0.1, -0.05) is 29.3 Å². The molecule has 32 heavy (non-hydrogen) atoms. The molecule has 9 heteroatoms. The van der Waals surface area contributed by atoms with Crippen molar-refractivity contribution in [3.63, 3.8) is 0 Å². The molecule has 0 fully saturated rings. The van der Waals surface area contributed by atoms with Crippen LogP contribution in [0.5, 0.6) is 11.5 Å². The van der Waals surface area contributed by atoms with Crippen molar-refractivity contribution in [1.82, 2.24) is 5.01 Å². The fraction of sp³-hybridized carbons (Fsp3) is 0.174. The Balaban J connectivity index is 1.59. The van der Waals surface area contributed by atoms with Gasteiger partial charge < -0.3 is 9.47 Å². The fourth-order valence-electron chi connectivity index (χ4n) is 4.06. The van der Waals surface area contributed by atoms with Gasteiger partial charge in [0.25, 0.3) is 5.69 Å². The topological polar surface area (TPSA) is 77.2 Å². The third kappa shape index (κ3) is 3.53. The van der Waals surface area contributed by atoms with Gasteiger partial charge in [-0.15, -0.1) is 0 Å². The zero-order chi connectivity index (χ0) is 22.4. The van der Waals surface area contributed by atoms with Gasteiger partial charge in [-0.2, -0.15) is 5.10 Å². The molecule has 0 unspecified atom stereocenters. The van der Waals surface area contributed by atoms with Crippen LogP contribution >= 0.6 is 23.2 Å². The van der Waals surface area contributed by atoms with Crippen LogP contribution in [-0.2, 0) is 0 Å².